The minimum atomic E-state index is -0.652. The maximum atomic E-state index is 13.4. The first kappa shape index (κ1) is 13.5. The van der Waals surface area contributed by atoms with Gasteiger partial charge < -0.3 is 4.74 Å². The SMILES string of the molecule is CCOC(=O)Cc1c(CCl)ccc(F)c1C#N. The topological polar surface area (TPSA) is 50.1 Å². The van der Waals surface area contributed by atoms with Gasteiger partial charge in [-0.1, -0.05) is 6.07 Å². The highest BCUT2D eigenvalue weighted by Crippen LogP contribution is 2.20. The average Bonchev–Trinajstić information content (AvgIpc) is 2.30. The van der Waals surface area contributed by atoms with Gasteiger partial charge in [-0.25, -0.2) is 4.39 Å². The molecule has 0 aromatic heterocycles. The van der Waals surface area contributed by atoms with Crippen LogP contribution in [-0.2, 0) is 21.8 Å². The van der Waals surface area contributed by atoms with E-state index in [-0.39, 0.29) is 24.5 Å². The number of halogens is 2. The molecule has 5 heteroatoms. The second-order valence-electron chi connectivity index (χ2n) is 3.29. The Balaban J connectivity index is 3.15. The highest BCUT2D eigenvalue weighted by molar-refractivity contribution is 6.17. The number of benzene rings is 1. The Morgan fingerprint density at radius 1 is 1.59 bits per heavy atom. The molecule has 0 spiro atoms. The number of nitriles is 1. The first-order chi connectivity index (χ1) is 8.13. The molecular formula is C12H11ClFNO2. The molecule has 0 atom stereocenters. The first-order valence-corrected chi connectivity index (χ1v) is 5.59. The van der Waals surface area contributed by atoms with Crippen LogP contribution < -0.4 is 0 Å². The van der Waals surface area contributed by atoms with Crippen molar-refractivity contribution in [2.75, 3.05) is 6.61 Å². The predicted molar refractivity (Wildman–Crippen MR) is 61.0 cm³/mol. The Labute approximate surface area is 104 Å². The third kappa shape index (κ3) is 3.18. The summed E-state index contributed by atoms with van der Waals surface area (Å²) in [6.07, 6.45) is -0.142. The fourth-order valence-corrected chi connectivity index (χ4v) is 1.72. The van der Waals surface area contributed by atoms with E-state index >= 15 is 0 Å². The summed E-state index contributed by atoms with van der Waals surface area (Å²) in [6.45, 7) is 1.92. The smallest absolute Gasteiger partial charge is 0.310 e. The van der Waals surface area contributed by atoms with Gasteiger partial charge in [0.1, 0.15) is 11.9 Å². The van der Waals surface area contributed by atoms with E-state index in [9.17, 15) is 9.18 Å². The van der Waals surface area contributed by atoms with Crippen LogP contribution >= 0.6 is 11.6 Å². The Morgan fingerprint density at radius 2 is 2.29 bits per heavy atom. The molecule has 0 aliphatic heterocycles. The molecule has 1 aromatic rings. The summed E-state index contributed by atoms with van der Waals surface area (Å²) >= 11 is 5.69. The van der Waals surface area contributed by atoms with E-state index in [1.807, 2.05) is 0 Å². The normalized spacial score (nSPS) is 9.76. The van der Waals surface area contributed by atoms with Crippen LogP contribution in [0.3, 0.4) is 0 Å². The van der Waals surface area contributed by atoms with E-state index < -0.39 is 11.8 Å². The van der Waals surface area contributed by atoms with Crippen LogP contribution in [0.15, 0.2) is 12.1 Å². The van der Waals surface area contributed by atoms with Gasteiger partial charge in [-0.05, 0) is 24.1 Å². The van der Waals surface area contributed by atoms with Crippen molar-refractivity contribution in [3.63, 3.8) is 0 Å². The third-order valence-electron chi connectivity index (χ3n) is 2.24. The second-order valence-corrected chi connectivity index (χ2v) is 3.55. The molecule has 0 saturated carbocycles. The largest absolute Gasteiger partial charge is 0.466 e. The number of carbonyl (C=O) groups excluding carboxylic acids is 1. The Hall–Kier alpha value is -1.60. The molecule has 90 valence electrons. The van der Waals surface area contributed by atoms with Gasteiger partial charge in [0.05, 0.1) is 18.6 Å². The van der Waals surface area contributed by atoms with Gasteiger partial charge in [-0.15, -0.1) is 11.6 Å². The number of hydrogen-bond acceptors (Lipinski definition) is 3. The molecule has 0 heterocycles. The molecule has 1 aromatic carbocycles. The quantitative estimate of drug-likeness (QED) is 0.614. The van der Waals surface area contributed by atoms with Crippen molar-refractivity contribution in [3.8, 4) is 6.07 Å². The summed E-state index contributed by atoms with van der Waals surface area (Å²) in [5.74, 6) is -1.04. The second kappa shape index (κ2) is 6.21. The lowest BCUT2D eigenvalue weighted by Crippen LogP contribution is -2.11. The summed E-state index contributed by atoms with van der Waals surface area (Å²) in [5, 5.41) is 8.88. The van der Waals surface area contributed by atoms with E-state index in [0.29, 0.717) is 11.1 Å². The maximum Gasteiger partial charge on any atom is 0.310 e. The third-order valence-corrected chi connectivity index (χ3v) is 2.53. The lowest BCUT2D eigenvalue weighted by atomic mass is 9.99. The van der Waals surface area contributed by atoms with Crippen molar-refractivity contribution in [3.05, 3.63) is 34.6 Å². The summed E-state index contributed by atoms with van der Waals surface area (Å²) in [6, 6.07) is 4.39. The van der Waals surface area contributed by atoms with Crippen molar-refractivity contribution >= 4 is 17.6 Å². The van der Waals surface area contributed by atoms with Crippen molar-refractivity contribution in [1.29, 1.82) is 5.26 Å². The van der Waals surface area contributed by atoms with Crippen molar-refractivity contribution in [2.24, 2.45) is 0 Å². The van der Waals surface area contributed by atoms with E-state index in [4.69, 9.17) is 21.6 Å². The zero-order chi connectivity index (χ0) is 12.8. The average molecular weight is 256 g/mol. The van der Waals surface area contributed by atoms with Gasteiger partial charge in [0.2, 0.25) is 0 Å². The number of alkyl halides is 1. The van der Waals surface area contributed by atoms with E-state index in [0.717, 1.165) is 0 Å². The molecule has 0 aliphatic rings. The van der Waals surface area contributed by atoms with Gasteiger partial charge in [-0.2, -0.15) is 5.26 Å². The predicted octanol–water partition coefficient (Wildman–Crippen LogP) is 2.54. The van der Waals surface area contributed by atoms with Gasteiger partial charge in [0.15, 0.2) is 0 Å². The molecule has 0 radical (unpaired) electrons. The molecular weight excluding hydrogens is 245 g/mol. The Bertz CT molecular complexity index is 468. The van der Waals surface area contributed by atoms with Gasteiger partial charge in [-0.3, -0.25) is 4.79 Å². The standard InChI is InChI=1S/C12H11ClFNO2/c1-2-17-12(16)5-9-8(6-13)3-4-11(14)10(9)7-15/h3-4H,2,5-6H2,1H3. The Morgan fingerprint density at radius 3 is 2.82 bits per heavy atom. The van der Waals surface area contributed by atoms with Crippen molar-refractivity contribution in [1.82, 2.24) is 0 Å². The summed E-state index contributed by atoms with van der Waals surface area (Å²) in [5.41, 5.74) is 0.731. The number of rotatable bonds is 4. The highest BCUT2D eigenvalue weighted by Gasteiger charge is 2.16. The van der Waals surface area contributed by atoms with Crippen LogP contribution in [-0.4, -0.2) is 12.6 Å². The highest BCUT2D eigenvalue weighted by atomic mass is 35.5. The number of ether oxygens (including phenoxy) is 1. The fraction of sp³-hybridized carbons (Fsp3) is 0.333. The van der Waals surface area contributed by atoms with Crippen LogP contribution in [0.25, 0.3) is 0 Å². The van der Waals surface area contributed by atoms with Crippen LogP contribution in [0.4, 0.5) is 4.39 Å². The monoisotopic (exact) mass is 255 g/mol. The van der Waals surface area contributed by atoms with E-state index in [1.165, 1.54) is 12.1 Å². The fourth-order valence-electron chi connectivity index (χ4n) is 1.47. The summed E-state index contributed by atoms with van der Waals surface area (Å²) in [7, 11) is 0. The lowest BCUT2D eigenvalue weighted by molar-refractivity contribution is -0.142. The molecule has 0 fully saturated rings. The summed E-state index contributed by atoms with van der Waals surface area (Å²) in [4.78, 5) is 11.4. The minimum absolute atomic E-state index is 0.115. The number of esters is 1. The molecule has 0 saturated heterocycles. The zero-order valence-corrected chi connectivity index (χ0v) is 10.1. The van der Waals surface area contributed by atoms with Gasteiger partial charge in [0.25, 0.3) is 0 Å². The maximum absolute atomic E-state index is 13.4. The van der Waals surface area contributed by atoms with E-state index in [2.05, 4.69) is 0 Å². The zero-order valence-electron chi connectivity index (χ0n) is 9.30. The van der Waals surface area contributed by atoms with Gasteiger partial charge >= 0.3 is 5.97 Å². The lowest BCUT2D eigenvalue weighted by Gasteiger charge is -2.09. The van der Waals surface area contributed by atoms with Gasteiger partial charge in [0, 0.05) is 5.88 Å². The number of carbonyl (C=O) groups is 1. The summed E-state index contributed by atoms with van der Waals surface area (Å²) < 4.78 is 18.2. The first-order valence-electron chi connectivity index (χ1n) is 5.06. The number of nitrogens with zero attached hydrogens (tertiary/aromatic N) is 1. The molecule has 0 unspecified atom stereocenters. The van der Waals surface area contributed by atoms with Crippen LogP contribution in [0, 0.1) is 17.1 Å². The van der Waals surface area contributed by atoms with Crippen LogP contribution in [0.5, 0.6) is 0 Å². The molecule has 0 amide bonds. The molecule has 0 N–H and O–H groups in total. The minimum Gasteiger partial charge on any atom is -0.466 e. The molecule has 1 rings (SSSR count). The molecule has 0 bridgehead atoms. The molecule has 0 aliphatic carbocycles. The van der Waals surface area contributed by atoms with Crippen molar-refractivity contribution in [2.45, 2.75) is 19.2 Å². The van der Waals surface area contributed by atoms with E-state index in [1.54, 1.807) is 13.0 Å². The van der Waals surface area contributed by atoms with Crippen LogP contribution in [0.1, 0.15) is 23.6 Å². The Kier molecular flexibility index (Phi) is 4.92. The molecule has 3 nitrogen and oxygen atoms in total. The number of hydrogen-bond donors (Lipinski definition) is 0. The van der Waals surface area contributed by atoms with Crippen LogP contribution in [0.2, 0.25) is 0 Å². The van der Waals surface area contributed by atoms with Crippen molar-refractivity contribution < 1.29 is 13.9 Å². The molecule has 17 heavy (non-hydrogen) atoms.